The van der Waals surface area contributed by atoms with Gasteiger partial charge in [0.25, 0.3) is 5.91 Å². The molecule has 1 atom stereocenters. The van der Waals surface area contributed by atoms with E-state index in [4.69, 9.17) is 5.11 Å². The Balaban J connectivity index is 2.17. The minimum atomic E-state index is -0.304. The topological polar surface area (TPSA) is 75.1 Å². The van der Waals surface area contributed by atoms with Crippen LogP contribution < -0.4 is 5.32 Å². The van der Waals surface area contributed by atoms with E-state index in [-0.39, 0.29) is 24.2 Å². The number of pyridine rings is 2. The number of aliphatic hydroxyl groups is 1. The fourth-order valence-corrected chi connectivity index (χ4v) is 1.82. The quantitative estimate of drug-likeness (QED) is 0.832. The fourth-order valence-electron chi connectivity index (χ4n) is 1.82. The Bertz CT molecular complexity index is 675. The molecule has 0 fully saturated rings. The van der Waals surface area contributed by atoms with Gasteiger partial charge in [-0.15, -0.1) is 0 Å². The highest BCUT2D eigenvalue weighted by Crippen LogP contribution is 2.12. The molecular formula is C16H15N3O2. The molecule has 21 heavy (non-hydrogen) atoms. The minimum absolute atomic E-state index is 0.166. The van der Waals surface area contributed by atoms with Gasteiger partial charge in [0.05, 0.1) is 11.6 Å². The lowest BCUT2D eigenvalue weighted by Crippen LogP contribution is -2.28. The molecule has 1 unspecified atom stereocenters. The van der Waals surface area contributed by atoms with Crippen molar-refractivity contribution in [1.82, 2.24) is 15.3 Å². The molecule has 5 nitrogen and oxygen atoms in total. The minimum Gasteiger partial charge on any atom is -0.384 e. The third kappa shape index (κ3) is 3.88. The Morgan fingerprint density at radius 3 is 2.81 bits per heavy atom. The molecule has 0 aromatic carbocycles. The van der Waals surface area contributed by atoms with E-state index in [1.54, 1.807) is 24.5 Å². The molecule has 2 N–H and O–H groups in total. The maximum absolute atomic E-state index is 12.3. The van der Waals surface area contributed by atoms with Gasteiger partial charge in [0.15, 0.2) is 0 Å². The van der Waals surface area contributed by atoms with E-state index in [9.17, 15) is 4.79 Å². The number of hydrogen-bond donors (Lipinski definition) is 2. The first kappa shape index (κ1) is 14.7. The molecule has 5 heteroatoms. The lowest BCUT2D eigenvalue weighted by Gasteiger charge is -2.14. The molecule has 2 rings (SSSR count). The maximum Gasteiger partial charge on any atom is 0.271 e. The number of carbonyl (C=O) groups excluding carboxylic acids is 1. The molecular weight excluding hydrogens is 266 g/mol. The Morgan fingerprint density at radius 2 is 2.10 bits per heavy atom. The molecule has 1 amide bonds. The van der Waals surface area contributed by atoms with Gasteiger partial charge in [-0.1, -0.05) is 11.8 Å². The highest BCUT2D eigenvalue weighted by Gasteiger charge is 2.15. The van der Waals surface area contributed by atoms with Gasteiger partial charge in [-0.25, -0.2) is 4.98 Å². The Hall–Kier alpha value is -2.71. The molecule has 0 radical (unpaired) electrons. The van der Waals surface area contributed by atoms with Crippen molar-refractivity contribution >= 4 is 5.91 Å². The molecule has 0 bridgehead atoms. The van der Waals surface area contributed by atoms with Crippen LogP contribution in [-0.4, -0.2) is 27.6 Å². The van der Waals surface area contributed by atoms with Gasteiger partial charge in [0, 0.05) is 18.6 Å². The normalized spacial score (nSPS) is 11.1. The monoisotopic (exact) mass is 281 g/mol. The lowest BCUT2D eigenvalue weighted by atomic mass is 10.1. The number of amides is 1. The van der Waals surface area contributed by atoms with Crippen molar-refractivity contribution in [2.75, 3.05) is 6.61 Å². The summed E-state index contributed by atoms with van der Waals surface area (Å²) in [6, 6.07) is 6.92. The van der Waals surface area contributed by atoms with Crippen molar-refractivity contribution in [3.8, 4) is 11.8 Å². The fraction of sp³-hybridized carbons (Fsp3) is 0.188. The summed E-state index contributed by atoms with van der Waals surface area (Å²) in [6.45, 7) is 1.62. The van der Waals surface area contributed by atoms with Crippen LogP contribution in [0.3, 0.4) is 0 Å². The van der Waals surface area contributed by atoms with E-state index < -0.39 is 0 Å². The third-order valence-electron chi connectivity index (χ3n) is 2.88. The zero-order valence-electron chi connectivity index (χ0n) is 11.6. The SMILES string of the molecule is CC(NC(=O)c1ncccc1C#CCO)c1ccncc1. The molecule has 2 aromatic rings. The lowest BCUT2D eigenvalue weighted by molar-refractivity contribution is 0.0934. The highest BCUT2D eigenvalue weighted by atomic mass is 16.2. The zero-order chi connectivity index (χ0) is 15.1. The van der Waals surface area contributed by atoms with Crippen molar-refractivity contribution < 1.29 is 9.90 Å². The summed E-state index contributed by atoms with van der Waals surface area (Å²) in [5, 5.41) is 11.6. The van der Waals surface area contributed by atoms with Crippen molar-refractivity contribution in [2.45, 2.75) is 13.0 Å². The average molecular weight is 281 g/mol. The van der Waals surface area contributed by atoms with Crippen LogP contribution in [0.5, 0.6) is 0 Å². The van der Waals surface area contributed by atoms with Crippen LogP contribution in [0.2, 0.25) is 0 Å². The molecule has 0 saturated carbocycles. The van der Waals surface area contributed by atoms with Crippen molar-refractivity contribution in [2.24, 2.45) is 0 Å². The number of rotatable bonds is 3. The van der Waals surface area contributed by atoms with Gasteiger partial charge in [0.1, 0.15) is 12.3 Å². The molecule has 0 aliphatic carbocycles. The van der Waals surface area contributed by atoms with E-state index >= 15 is 0 Å². The molecule has 2 aromatic heterocycles. The van der Waals surface area contributed by atoms with Crippen molar-refractivity contribution in [3.05, 3.63) is 59.7 Å². The molecule has 106 valence electrons. The van der Waals surface area contributed by atoms with Crippen LogP contribution in [0.1, 0.15) is 34.6 Å². The number of nitrogens with one attached hydrogen (secondary N) is 1. The summed E-state index contributed by atoms with van der Waals surface area (Å²) in [7, 11) is 0. The second-order valence-electron chi connectivity index (χ2n) is 4.34. The summed E-state index contributed by atoms with van der Waals surface area (Å²) in [4.78, 5) is 20.3. The Labute approximate surface area is 123 Å². The van der Waals surface area contributed by atoms with Crippen LogP contribution in [-0.2, 0) is 0 Å². The molecule has 2 heterocycles. The number of hydrogen-bond acceptors (Lipinski definition) is 4. The molecule has 0 aliphatic heterocycles. The molecule has 0 spiro atoms. The summed E-state index contributed by atoms with van der Waals surface area (Å²) in [6.07, 6.45) is 4.89. The van der Waals surface area contributed by atoms with Gasteiger partial charge in [-0.2, -0.15) is 0 Å². The van der Waals surface area contributed by atoms with E-state index in [0.717, 1.165) is 5.56 Å². The highest BCUT2D eigenvalue weighted by molar-refractivity contribution is 5.94. The molecule has 0 saturated heterocycles. The van der Waals surface area contributed by atoms with Crippen LogP contribution in [0, 0.1) is 11.8 Å². The second kappa shape index (κ2) is 7.17. The third-order valence-corrected chi connectivity index (χ3v) is 2.88. The smallest absolute Gasteiger partial charge is 0.271 e. The van der Waals surface area contributed by atoms with Gasteiger partial charge in [0.2, 0.25) is 0 Å². The van der Waals surface area contributed by atoms with E-state index in [1.807, 2.05) is 19.1 Å². The molecule has 0 aliphatic rings. The van der Waals surface area contributed by atoms with Crippen molar-refractivity contribution in [3.63, 3.8) is 0 Å². The number of aliphatic hydroxyl groups excluding tert-OH is 1. The largest absolute Gasteiger partial charge is 0.384 e. The first-order valence-electron chi connectivity index (χ1n) is 6.48. The van der Waals surface area contributed by atoms with Gasteiger partial charge in [-0.05, 0) is 36.8 Å². The predicted molar refractivity (Wildman–Crippen MR) is 78.3 cm³/mol. The van der Waals surface area contributed by atoms with Gasteiger partial charge >= 0.3 is 0 Å². The number of carbonyl (C=O) groups is 1. The van der Waals surface area contributed by atoms with Crippen LogP contribution in [0.25, 0.3) is 0 Å². The number of nitrogens with zero attached hydrogens (tertiary/aromatic N) is 2. The average Bonchev–Trinajstić information content (AvgIpc) is 2.54. The Morgan fingerprint density at radius 1 is 1.33 bits per heavy atom. The first-order chi connectivity index (χ1) is 10.2. The van der Waals surface area contributed by atoms with E-state index in [0.29, 0.717) is 5.56 Å². The zero-order valence-corrected chi connectivity index (χ0v) is 11.6. The summed E-state index contributed by atoms with van der Waals surface area (Å²) >= 11 is 0. The van der Waals surface area contributed by atoms with Crippen LogP contribution in [0.15, 0.2) is 42.9 Å². The van der Waals surface area contributed by atoms with Gasteiger partial charge < -0.3 is 10.4 Å². The van der Waals surface area contributed by atoms with E-state index in [2.05, 4.69) is 27.1 Å². The first-order valence-corrected chi connectivity index (χ1v) is 6.48. The number of aromatic nitrogens is 2. The van der Waals surface area contributed by atoms with Crippen LogP contribution in [0.4, 0.5) is 0 Å². The van der Waals surface area contributed by atoms with Gasteiger partial charge in [-0.3, -0.25) is 9.78 Å². The summed E-state index contributed by atoms with van der Waals surface area (Å²) < 4.78 is 0. The van der Waals surface area contributed by atoms with E-state index in [1.165, 1.54) is 6.20 Å². The van der Waals surface area contributed by atoms with Crippen molar-refractivity contribution in [1.29, 1.82) is 0 Å². The maximum atomic E-state index is 12.3. The van der Waals surface area contributed by atoms with Crippen LogP contribution >= 0.6 is 0 Å². The standard InChI is InChI=1S/C16H15N3O2/c1-12(13-6-9-17-10-7-13)19-16(21)15-14(5-3-11-20)4-2-8-18-15/h2,4,6-10,12,20H,11H2,1H3,(H,19,21). The second-order valence-corrected chi connectivity index (χ2v) is 4.34. The summed E-state index contributed by atoms with van der Waals surface area (Å²) in [5.74, 6) is 4.94. The predicted octanol–water partition coefficient (Wildman–Crippen LogP) is 1.31. The summed E-state index contributed by atoms with van der Waals surface area (Å²) in [5.41, 5.74) is 1.70. The Kier molecular flexibility index (Phi) is 5.02.